The molecule has 0 radical (unpaired) electrons. The topological polar surface area (TPSA) is 86.8 Å². The zero-order valence-corrected chi connectivity index (χ0v) is 25.2. The zero-order chi connectivity index (χ0) is 28.5. The number of hydrogen-bond donors (Lipinski definition) is 1. The van der Waals surface area contributed by atoms with Gasteiger partial charge in [-0.25, -0.2) is 8.42 Å². The predicted octanol–water partition coefficient (Wildman–Crippen LogP) is 5.88. The number of anilines is 1. The predicted molar refractivity (Wildman–Crippen MR) is 156 cm³/mol. The number of nitrogens with one attached hydrogen (secondary N) is 1. The molecule has 10 heteroatoms. The Morgan fingerprint density at radius 3 is 2.21 bits per heavy atom. The summed E-state index contributed by atoms with van der Waals surface area (Å²) >= 11 is 12.8. The molecule has 0 heterocycles. The van der Waals surface area contributed by atoms with Crippen LogP contribution in [0.25, 0.3) is 0 Å². The summed E-state index contributed by atoms with van der Waals surface area (Å²) in [6, 6.07) is 9.92. The number of unbranched alkanes of at least 4 members (excludes halogenated alkanes) is 1. The lowest BCUT2D eigenvalue weighted by molar-refractivity contribution is -0.141. The highest BCUT2D eigenvalue weighted by molar-refractivity contribution is 7.92. The third-order valence-corrected chi connectivity index (χ3v) is 8.49. The standard InChI is InChI=1S/C28H39Cl2N3O4S/c1-6-8-17-31-28(35)25(7-2)32(19-22-23(29)13-10-14-24(22)30)27(34)16-11-18-33(38(5,36)37)26-15-9-12-20(3)21(26)4/h9-10,12-15,25H,6-8,11,16-19H2,1-5H3,(H,31,35)/t25-/m0/s1. The average Bonchev–Trinajstić information content (AvgIpc) is 2.85. The van der Waals surface area contributed by atoms with Crippen LogP contribution in [0.2, 0.25) is 10.0 Å². The molecule has 38 heavy (non-hydrogen) atoms. The quantitative estimate of drug-likeness (QED) is 0.281. The van der Waals surface area contributed by atoms with E-state index < -0.39 is 16.1 Å². The Kier molecular flexibility index (Phi) is 12.4. The minimum atomic E-state index is -3.57. The van der Waals surface area contributed by atoms with Crippen LogP contribution in [0.1, 0.15) is 62.6 Å². The minimum absolute atomic E-state index is 0.0533. The Morgan fingerprint density at radius 2 is 1.63 bits per heavy atom. The largest absolute Gasteiger partial charge is 0.354 e. The Labute approximate surface area is 237 Å². The molecule has 0 unspecified atom stereocenters. The van der Waals surface area contributed by atoms with Gasteiger partial charge < -0.3 is 10.2 Å². The molecule has 0 saturated heterocycles. The number of aryl methyl sites for hydroxylation is 1. The number of hydrogen-bond acceptors (Lipinski definition) is 4. The second-order valence-electron chi connectivity index (χ2n) is 9.45. The molecular weight excluding hydrogens is 545 g/mol. The zero-order valence-electron chi connectivity index (χ0n) is 22.9. The number of nitrogens with zero attached hydrogens (tertiary/aromatic N) is 2. The molecule has 0 saturated carbocycles. The monoisotopic (exact) mass is 583 g/mol. The number of benzene rings is 2. The molecule has 0 aliphatic carbocycles. The van der Waals surface area contributed by atoms with Crippen LogP contribution in [0.15, 0.2) is 36.4 Å². The van der Waals surface area contributed by atoms with Gasteiger partial charge in [0.15, 0.2) is 0 Å². The van der Waals surface area contributed by atoms with Gasteiger partial charge in [-0.3, -0.25) is 13.9 Å². The van der Waals surface area contributed by atoms with Crippen LogP contribution in [0.5, 0.6) is 0 Å². The van der Waals surface area contributed by atoms with Crippen LogP contribution >= 0.6 is 23.2 Å². The lowest BCUT2D eigenvalue weighted by Gasteiger charge is -2.31. The van der Waals surface area contributed by atoms with Gasteiger partial charge in [0.25, 0.3) is 0 Å². The van der Waals surface area contributed by atoms with E-state index in [1.807, 2.05) is 39.8 Å². The van der Waals surface area contributed by atoms with Crippen molar-refractivity contribution >= 4 is 50.7 Å². The van der Waals surface area contributed by atoms with Gasteiger partial charge in [0, 0.05) is 41.7 Å². The molecule has 2 aromatic rings. The number of carbonyl (C=O) groups is 2. The van der Waals surface area contributed by atoms with Crippen molar-refractivity contribution in [1.29, 1.82) is 0 Å². The fourth-order valence-corrected chi connectivity index (χ4v) is 5.80. The van der Waals surface area contributed by atoms with Crippen LogP contribution in [0.3, 0.4) is 0 Å². The maximum Gasteiger partial charge on any atom is 0.242 e. The summed E-state index contributed by atoms with van der Waals surface area (Å²) in [7, 11) is -3.57. The van der Waals surface area contributed by atoms with Crippen molar-refractivity contribution in [3.8, 4) is 0 Å². The van der Waals surface area contributed by atoms with Gasteiger partial charge in [-0.2, -0.15) is 0 Å². The SMILES string of the molecule is CCCCNC(=O)[C@H](CC)N(Cc1c(Cl)cccc1Cl)C(=O)CCCN(c1cccc(C)c1C)S(C)(=O)=O. The number of rotatable bonds is 14. The molecule has 7 nitrogen and oxygen atoms in total. The summed E-state index contributed by atoms with van der Waals surface area (Å²) in [5, 5.41) is 3.75. The van der Waals surface area contributed by atoms with Crippen molar-refractivity contribution in [2.45, 2.75) is 72.4 Å². The first-order valence-corrected chi connectivity index (χ1v) is 15.6. The molecule has 0 spiro atoms. The van der Waals surface area contributed by atoms with Gasteiger partial charge in [-0.15, -0.1) is 0 Å². The van der Waals surface area contributed by atoms with Crippen molar-refractivity contribution < 1.29 is 18.0 Å². The fraction of sp³-hybridized carbons (Fsp3) is 0.500. The van der Waals surface area contributed by atoms with Crippen molar-refractivity contribution in [3.63, 3.8) is 0 Å². The van der Waals surface area contributed by atoms with E-state index in [1.165, 1.54) is 9.21 Å². The summed E-state index contributed by atoms with van der Waals surface area (Å²) in [6.45, 7) is 8.43. The third kappa shape index (κ3) is 8.61. The van der Waals surface area contributed by atoms with E-state index in [-0.39, 0.29) is 37.7 Å². The molecule has 1 N–H and O–H groups in total. The first-order valence-electron chi connectivity index (χ1n) is 13.0. The van der Waals surface area contributed by atoms with Gasteiger partial charge in [-0.1, -0.05) is 61.7 Å². The van der Waals surface area contributed by atoms with Crippen LogP contribution in [0, 0.1) is 13.8 Å². The molecule has 2 rings (SSSR count). The maximum absolute atomic E-state index is 13.6. The number of sulfonamides is 1. The third-order valence-electron chi connectivity index (χ3n) is 6.60. The highest BCUT2D eigenvalue weighted by Gasteiger charge is 2.30. The normalized spacial score (nSPS) is 12.2. The van der Waals surface area contributed by atoms with Gasteiger partial charge in [-0.05, 0) is 62.4 Å². The molecule has 2 amide bonds. The number of halogens is 2. The van der Waals surface area contributed by atoms with E-state index in [0.717, 1.165) is 30.2 Å². The molecule has 0 aliphatic rings. The first-order chi connectivity index (χ1) is 17.9. The van der Waals surface area contributed by atoms with Crippen molar-refractivity contribution in [3.05, 3.63) is 63.1 Å². The van der Waals surface area contributed by atoms with E-state index in [2.05, 4.69) is 5.32 Å². The molecule has 0 aliphatic heterocycles. The Balaban J connectivity index is 2.29. The molecule has 210 valence electrons. The molecule has 0 aromatic heterocycles. The van der Waals surface area contributed by atoms with Crippen LogP contribution in [-0.4, -0.2) is 50.5 Å². The van der Waals surface area contributed by atoms with Crippen molar-refractivity contribution in [2.24, 2.45) is 0 Å². The van der Waals surface area contributed by atoms with E-state index in [0.29, 0.717) is 34.3 Å². The number of amides is 2. The van der Waals surface area contributed by atoms with E-state index in [4.69, 9.17) is 23.2 Å². The summed E-state index contributed by atoms with van der Waals surface area (Å²) in [5.41, 5.74) is 3.02. The highest BCUT2D eigenvalue weighted by Crippen LogP contribution is 2.28. The minimum Gasteiger partial charge on any atom is -0.354 e. The van der Waals surface area contributed by atoms with Crippen molar-refractivity contribution in [2.75, 3.05) is 23.7 Å². The van der Waals surface area contributed by atoms with E-state index >= 15 is 0 Å². The number of carbonyl (C=O) groups excluding carboxylic acids is 2. The Bertz CT molecular complexity index is 1200. The van der Waals surface area contributed by atoms with E-state index in [1.54, 1.807) is 24.3 Å². The molecule has 2 aromatic carbocycles. The fourth-order valence-electron chi connectivity index (χ4n) is 4.27. The summed E-state index contributed by atoms with van der Waals surface area (Å²) in [5.74, 6) is -0.501. The smallest absolute Gasteiger partial charge is 0.242 e. The molecule has 1 atom stereocenters. The lowest BCUT2D eigenvalue weighted by atomic mass is 10.1. The van der Waals surface area contributed by atoms with Crippen LogP contribution in [0.4, 0.5) is 5.69 Å². The van der Waals surface area contributed by atoms with Gasteiger partial charge in [0.05, 0.1) is 11.9 Å². The maximum atomic E-state index is 13.6. The van der Waals surface area contributed by atoms with Gasteiger partial charge in [0.1, 0.15) is 6.04 Å². The lowest BCUT2D eigenvalue weighted by Crippen LogP contribution is -2.49. The second-order valence-corrected chi connectivity index (χ2v) is 12.2. The molecular formula is C28H39Cl2N3O4S. The van der Waals surface area contributed by atoms with Gasteiger partial charge >= 0.3 is 0 Å². The first kappa shape index (κ1) is 31.9. The molecule has 0 fully saturated rings. The summed E-state index contributed by atoms with van der Waals surface area (Å²) in [6.07, 6.45) is 3.68. The summed E-state index contributed by atoms with van der Waals surface area (Å²) < 4.78 is 26.6. The highest BCUT2D eigenvalue weighted by atomic mass is 35.5. The Morgan fingerprint density at radius 1 is 1.00 bits per heavy atom. The Hall–Kier alpha value is -2.29. The van der Waals surface area contributed by atoms with Crippen molar-refractivity contribution in [1.82, 2.24) is 10.2 Å². The average molecular weight is 585 g/mol. The van der Waals surface area contributed by atoms with E-state index in [9.17, 15) is 18.0 Å². The van der Waals surface area contributed by atoms with Gasteiger partial charge in [0.2, 0.25) is 21.8 Å². The summed E-state index contributed by atoms with van der Waals surface area (Å²) in [4.78, 5) is 28.2. The molecule has 0 bridgehead atoms. The van der Waals surface area contributed by atoms with Crippen LogP contribution < -0.4 is 9.62 Å². The van der Waals surface area contributed by atoms with Crippen LogP contribution in [-0.2, 0) is 26.2 Å². The second kappa shape index (κ2) is 14.8.